The molecule has 0 spiro atoms. The smallest absolute Gasteiger partial charge is 0.179 e. The molecule has 0 bridgehead atoms. The van der Waals surface area contributed by atoms with Gasteiger partial charge in [-0.2, -0.15) is 0 Å². The normalized spacial score (nSPS) is 17.9. The maximum Gasteiger partial charge on any atom is 0.179 e. The van der Waals surface area contributed by atoms with Crippen LogP contribution in [0.1, 0.15) is 50.2 Å². The summed E-state index contributed by atoms with van der Waals surface area (Å²) in [6, 6.07) is 2.02. The zero-order valence-corrected chi connectivity index (χ0v) is 13.3. The third-order valence-electron chi connectivity index (χ3n) is 4.35. The van der Waals surface area contributed by atoms with Crippen LogP contribution in [0.3, 0.4) is 0 Å². The van der Waals surface area contributed by atoms with Gasteiger partial charge in [-0.05, 0) is 36.5 Å². The van der Waals surface area contributed by atoms with E-state index in [1.54, 1.807) is 14.2 Å². The van der Waals surface area contributed by atoms with Crippen LogP contribution in [0.2, 0.25) is 5.02 Å². The van der Waals surface area contributed by atoms with Crippen molar-refractivity contribution >= 4 is 11.6 Å². The second-order valence-corrected chi connectivity index (χ2v) is 5.90. The van der Waals surface area contributed by atoms with Crippen molar-refractivity contribution in [2.45, 2.75) is 51.0 Å². The highest BCUT2D eigenvalue weighted by Gasteiger charge is 2.33. The van der Waals surface area contributed by atoms with E-state index in [9.17, 15) is 0 Å². The van der Waals surface area contributed by atoms with Gasteiger partial charge in [0.05, 0.1) is 19.2 Å². The molecule has 3 nitrogen and oxygen atoms in total. The molecule has 0 aromatic heterocycles. The van der Waals surface area contributed by atoms with Crippen LogP contribution in [-0.2, 0) is 12.0 Å². The summed E-state index contributed by atoms with van der Waals surface area (Å²) >= 11 is 6.52. The average molecular weight is 298 g/mol. The highest BCUT2D eigenvalue weighted by molar-refractivity contribution is 6.33. The van der Waals surface area contributed by atoms with E-state index < -0.39 is 0 Å². The Kier molecular flexibility index (Phi) is 4.82. The third kappa shape index (κ3) is 2.61. The molecule has 20 heavy (non-hydrogen) atoms. The molecular weight excluding hydrogens is 274 g/mol. The summed E-state index contributed by atoms with van der Waals surface area (Å²) in [5.74, 6) is 1.27. The van der Waals surface area contributed by atoms with E-state index in [0.29, 0.717) is 16.5 Å². The van der Waals surface area contributed by atoms with Gasteiger partial charge >= 0.3 is 0 Å². The number of halogens is 1. The Bertz CT molecular complexity index is 482. The lowest BCUT2D eigenvalue weighted by Gasteiger charge is -2.36. The highest BCUT2D eigenvalue weighted by Crippen LogP contribution is 2.45. The quantitative estimate of drug-likeness (QED) is 0.912. The van der Waals surface area contributed by atoms with Crippen molar-refractivity contribution in [2.75, 3.05) is 14.2 Å². The Morgan fingerprint density at radius 2 is 1.85 bits per heavy atom. The minimum absolute atomic E-state index is 0.285. The first-order valence-corrected chi connectivity index (χ1v) is 7.68. The predicted molar refractivity (Wildman–Crippen MR) is 82.9 cm³/mol. The summed E-state index contributed by atoms with van der Waals surface area (Å²) in [6.07, 6.45) is 6.46. The standard InChI is InChI=1S/C16H24ClNO2/c1-4-11-12(16(18)8-6-5-7-9-16)10-13(19-2)15(20-3)14(11)17/h10H,4-9,18H2,1-3H3. The summed E-state index contributed by atoms with van der Waals surface area (Å²) in [5.41, 5.74) is 8.62. The monoisotopic (exact) mass is 297 g/mol. The van der Waals surface area contributed by atoms with Crippen LogP contribution >= 0.6 is 11.6 Å². The van der Waals surface area contributed by atoms with Crippen molar-refractivity contribution in [1.82, 2.24) is 0 Å². The van der Waals surface area contributed by atoms with Gasteiger partial charge in [-0.1, -0.05) is 37.8 Å². The van der Waals surface area contributed by atoms with Crippen LogP contribution in [0.15, 0.2) is 6.07 Å². The molecule has 1 aliphatic rings. The number of rotatable bonds is 4. The molecule has 2 N–H and O–H groups in total. The van der Waals surface area contributed by atoms with Crippen molar-refractivity contribution in [1.29, 1.82) is 0 Å². The number of ether oxygens (including phenoxy) is 2. The van der Waals surface area contributed by atoms with Gasteiger partial charge in [-0.25, -0.2) is 0 Å². The Labute approximate surface area is 126 Å². The summed E-state index contributed by atoms with van der Waals surface area (Å²) in [5, 5.41) is 0.639. The molecule has 0 atom stereocenters. The Balaban J connectivity index is 2.59. The van der Waals surface area contributed by atoms with Crippen molar-refractivity contribution in [3.8, 4) is 11.5 Å². The van der Waals surface area contributed by atoms with Crippen LogP contribution in [0, 0.1) is 0 Å². The first kappa shape index (κ1) is 15.5. The van der Waals surface area contributed by atoms with Gasteiger partial charge in [-0.3, -0.25) is 0 Å². The Morgan fingerprint density at radius 1 is 1.20 bits per heavy atom. The molecule has 0 radical (unpaired) electrons. The van der Waals surface area contributed by atoms with E-state index >= 15 is 0 Å². The van der Waals surface area contributed by atoms with Gasteiger partial charge in [0.15, 0.2) is 11.5 Å². The lowest BCUT2D eigenvalue weighted by atomic mass is 9.75. The number of nitrogens with two attached hydrogens (primary N) is 1. The molecule has 2 rings (SSSR count). The highest BCUT2D eigenvalue weighted by atomic mass is 35.5. The van der Waals surface area contributed by atoms with Gasteiger partial charge in [0.25, 0.3) is 0 Å². The summed E-state index contributed by atoms with van der Waals surface area (Å²) < 4.78 is 10.8. The zero-order valence-electron chi connectivity index (χ0n) is 12.6. The van der Waals surface area contributed by atoms with E-state index in [1.807, 2.05) is 6.07 Å². The van der Waals surface area contributed by atoms with E-state index in [-0.39, 0.29) is 5.54 Å². The summed E-state index contributed by atoms with van der Waals surface area (Å²) in [4.78, 5) is 0. The van der Waals surface area contributed by atoms with E-state index in [4.69, 9.17) is 26.8 Å². The number of hydrogen-bond donors (Lipinski definition) is 1. The second kappa shape index (κ2) is 6.23. The minimum Gasteiger partial charge on any atom is -0.493 e. The maximum absolute atomic E-state index is 6.69. The molecule has 112 valence electrons. The zero-order chi connectivity index (χ0) is 14.8. The van der Waals surface area contributed by atoms with E-state index in [0.717, 1.165) is 30.4 Å². The molecule has 1 fully saturated rings. The molecule has 1 aliphatic carbocycles. The van der Waals surface area contributed by atoms with Crippen molar-refractivity contribution in [3.05, 3.63) is 22.2 Å². The Morgan fingerprint density at radius 3 is 2.35 bits per heavy atom. The van der Waals surface area contributed by atoms with Crippen molar-refractivity contribution < 1.29 is 9.47 Å². The van der Waals surface area contributed by atoms with E-state index in [1.165, 1.54) is 19.3 Å². The van der Waals surface area contributed by atoms with Crippen molar-refractivity contribution in [2.24, 2.45) is 5.73 Å². The topological polar surface area (TPSA) is 44.5 Å². The molecule has 1 saturated carbocycles. The molecule has 4 heteroatoms. The molecule has 0 aliphatic heterocycles. The molecule has 0 unspecified atom stereocenters. The molecule has 1 aromatic rings. The lowest BCUT2D eigenvalue weighted by Crippen LogP contribution is -2.39. The van der Waals surface area contributed by atoms with Crippen molar-refractivity contribution in [3.63, 3.8) is 0 Å². The molecule has 0 amide bonds. The molecule has 0 heterocycles. The lowest BCUT2D eigenvalue weighted by molar-refractivity contribution is 0.297. The number of hydrogen-bond acceptors (Lipinski definition) is 3. The van der Waals surface area contributed by atoms with Crippen LogP contribution in [-0.4, -0.2) is 14.2 Å². The van der Waals surface area contributed by atoms with Gasteiger partial charge in [0.2, 0.25) is 0 Å². The summed E-state index contributed by atoms with van der Waals surface area (Å²) in [6.45, 7) is 2.10. The van der Waals surface area contributed by atoms with Crippen LogP contribution in [0.4, 0.5) is 0 Å². The van der Waals surface area contributed by atoms with Gasteiger partial charge in [-0.15, -0.1) is 0 Å². The second-order valence-electron chi connectivity index (χ2n) is 5.52. The van der Waals surface area contributed by atoms with Crippen LogP contribution < -0.4 is 15.2 Å². The number of methoxy groups -OCH3 is 2. The summed E-state index contributed by atoms with van der Waals surface area (Å²) in [7, 11) is 3.25. The predicted octanol–water partition coefficient (Wildman–Crippen LogP) is 4.04. The molecule has 0 saturated heterocycles. The van der Waals surface area contributed by atoms with Gasteiger partial charge in [0, 0.05) is 5.54 Å². The van der Waals surface area contributed by atoms with Gasteiger partial charge in [0.1, 0.15) is 0 Å². The van der Waals surface area contributed by atoms with Crippen LogP contribution in [0.25, 0.3) is 0 Å². The van der Waals surface area contributed by atoms with Gasteiger partial charge < -0.3 is 15.2 Å². The maximum atomic E-state index is 6.69. The Hall–Kier alpha value is -0.930. The third-order valence-corrected chi connectivity index (χ3v) is 4.75. The van der Waals surface area contributed by atoms with E-state index in [2.05, 4.69) is 6.92 Å². The fraction of sp³-hybridized carbons (Fsp3) is 0.625. The first-order chi connectivity index (χ1) is 9.57. The fourth-order valence-electron chi connectivity index (χ4n) is 3.23. The van der Waals surface area contributed by atoms with Crippen LogP contribution in [0.5, 0.6) is 11.5 Å². The number of benzene rings is 1. The average Bonchev–Trinajstić information content (AvgIpc) is 2.46. The first-order valence-electron chi connectivity index (χ1n) is 7.30. The molecule has 1 aromatic carbocycles. The SMILES string of the molecule is CCc1c(C2(N)CCCCC2)cc(OC)c(OC)c1Cl. The fourth-order valence-corrected chi connectivity index (χ4v) is 3.64. The minimum atomic E-state index is -0.285. The molecular formula is C16H24ClNO2. The largest absolute Gasteiger partial charge is 0.493 e.